The van der Waals surface area contributed by atoms with E-state index in [-0.39, 0.29) is 23.5 Å². The smallest absolute Gasteiger partial charge is 0.246 e. The number of carbonyl (C=O) groups is 1. The number of para-hydroxylation sites is 1. The third-order valence-corrected chi connectivity index (χ3v) is 8.23. The van der Waals surface area contributed by atoms with Crippen molar-refractivity contribution in [3.05, 3.63) is 52.3 Å². The predicted octanol–water partition coefficient (Wildman–Crippen LogP) is 3.14. The normalized spacial score (nSPS) is 18.4. The Morgan fingerprint density at radius 3 is 2.80 bits per heavy atom. The number of hydrogen-bond donors (Lipinski definition) is 0. The second-order valence-electron chi connectivity index (χ2n) is 7.70. The Bertz CT molecular complexity index is 1210. The summed E-state index contributed by atoms with van der Waals surface area (Å²) in [6.07, 6.45) is 3.87. The summed E-state index contributed by atoms with van der Waals surface area (Å²) < 4.78 is 26.6. The van der Waals surface area contributed by atoms with Crippen LogP contribution in [0, 0.1) is 13.8 Å². The Morgan fingerprint density at radius 1 is 1.33 bits per heavy atom. The molecule has 1 aliphatic rings. The average molecular weight is 445 g/mol. The number of nitrogens with zero attached hydrogens (tertiary/aromatic N) is 4. The SMILES string of the molecule is Cc1nn(C2CCS(=O)(=O)C2)c(C)c1CN(C)C(=O)C=Cc1nc2ccccc2s1. The van der Waals surface area contributed by atoms with Crippen LogP contribution in [-0.4, -0.2) is 52.5 Å². The molecule has 2 aromatic heterocycles. The van der Waals surface area contributed by atoms with Crippen LogP contribution in [0.15, 0.2) is 30.3 Å². The Labute approximate surface area is 180 Å². The van der Waals surface area contributed by atoms with E-state index in [0.29, 0.717) is 13.0 Å². The molecule has 0 radical (unpaired) electrons. The molecule has 7 nitrogen and oxygen atoms in total. The van der Waals surface area contributed by atoms with Gasteiger partial charge in [-0.2, -0.15) is 5.10 Å². The molecular formula is C21H24N4O3S2. The van der Waals surface area contributed by atoms with Crippen LogP contribution < -0.4 is 0 Å². The molecule has 1 unspecified atom stereocenters. The molecule has 1 atom stereocenters. The topological polar surface area (TPSA) is 85.2 Å². The Hall–Kier alpha value is -2.52. The first-order valence-corrected chi connectivity index (χ1v) is 12.4. The van der Waals surface area contributed by atoms with Gasteiger partial charge in [0.05, 0.1) is 33.5 Å². The zero-order chi connectivity index (χ0) is 21.5. The standard InChI is InChI=1S/C21H24N4O3S2/c1-14-17(15(2)25(23-14)16-10-11-30(27,28)13-16)12-24(3)21(26)9-8-20-22-18-6-4-5-7-19(18)29-20/h4-9,16H,10-13H2,1-3H3. The number of sulfone groups is 1. The fraction of sp³-hybridized carbons (Fsp3) is 0.381. The summed E-state index contributed by atoms with van der Waals surface area (Å²) in [6.45, 7) is 4.26. The summed E-state index contributed by atoms with van der Waals surface area (Å²) in [5, 5.41) is 5.37. The summed E-state index contributed by atoms with van der Waals surface area (Å²) in [7, 11) is -1.23. The van der Waals surface area contributed by atoms with Crippen LogP contribution in [-0.2, 0) is 21.2 Å². The molecule has 0 bridgehead atoms. The van der Waals surface area contributed by atoms with Gasteiger partial charge in [-0.15, -0.1) is 11.3 Å². The molecule has 1 amide bonds. The molecule has 1 aromatic carbocycles. The van der Waals surface area contributed by atoms with E-state index in [1.54, 1.807) is 29.4 Å². The van der Waals surface area contributed by atoms with Crippen LogP contribution in [0.5, 0.6) is 0 Å². The van der Waals surface area contributed by atoms with E-state index in [1.165, 1.54) is 6.08 Å². The largest absolute Gasteiger partial charge is 0.338 e. The van der Waals surface area contributed by atoms with Crippen molar-refractivity contribution < 1.29 is 13.2 Å². The van der Waals surface area contributed by atoms with Gasteiger partial charge in [0, 0.05) is 30.9 Å². The molecule has 1 fully saturated rings. The molecule has 1 aliphatic heterocycles. The zero-order valence-corrected chi connectivity index (χ0v) is 18.8. The number of aryl methyl sites for hydroxylation is 1. The van der Waals surface area contributed by atoms with Gasteiger partial charge in [-0.25, -0.2) is 13.4 Å². The van der Waals surface area contributed by atoms with E-state index in [2.05, 4.69) is 10.1 Å². The third-order valence-electron chi connectivity index (χ3n) is 5.48. The molecule has 1 saturated heterocycles. The minimum Gasteiger partial charge on any atom is -0.338 e. The quantitative estimate of drug-likeness (QED) is 0.565. The molecule has 9 heteroatoms. The van der Waals surface area contributed by atoms with Crippen molar-refractivity contribution in [3.8, 4) is 0 Å². The fourth-order valence-corrected chi connectivity index (χ4v) is 6.36. The fourth-order valence-electron chi connectivity index (χ4n) is 3.80. The summed E-state index contributed by atoms with van der Waals surface area (Å²) in [5.41, 5.74) is 3.63. The summed E-state index contributed by atoms with van der Waals surface area (Å²) in [6, 6.07) is 7.76. The van der Waals surface area contributed by atoms with Crippen molar-refractivity contribution in [2.45, 2.75) is 32.9 Å². The highest BCUT2D eigenvalue weighted by molar-refractivity contribution is 7.91. The van der Waals surface area contributed by atoms with E-state index in [0.717, 1.165) is 32.2 Å². The van der Waals surface area contributed by atoms with E-state index < -0.39 is 9.84 Å². The molecule has 0 N–H and O–H groups in total. The number of aromatic nitrogens is 3. The summed E-state index contributed by atoms with van der Waals surface area (Å²) in [4.78, 5) is 18.8. The number of rotatable bonds is 5. The zero-order valence-electron chi connectivity index (χ0n) is 17.2. The molecule has 3 aromatic rings. The number of carbonyl (C=O) groups excluding carboxylic acids is 1. The van der Waals surface area contributed by atoms with Crippen molar-refractivity contribution in [1.82, 2.24) is 19.7 Å². The molecule has 4 rings (SSSR count). The van der Waals surface area contributed by atoms with Gasteiger partial charge < -0.3 is 4.90 Å². The van der Waals surface area contributed by atoms with Crippen LogP contribution in [0.25, 0.3) is 16.3 Å². The number of thiazole rings is 1. The minimum atomic E-state index is -2.98. The highest BCUT2D eigenvalue weighted by Gasteiger charge is 2.31. The first-order chi connectivity index (χ1) is 14.2. The molecule has 30 heavy (non-hydrogen) atoms. The van der Waals surface area contributed by atoms with Crippen LogP contribution in [0.1, 0.15) is 34.4 Å². The lowest BCUT2D eigenvalue weighted by Crippen LogP contribution is -2.24. The van der Waals surface area contributed by atoms with Crippen molar-refractivity contribution in [2.24, 2.45) is 0 Å². The monoisotopic (exact) mass is 444 g/mol. The predicted molar refractivity (Wildman–Crippen MR) is 119 cm³/mol. The highest BCUT2D eigenvalue weighted by Crippen LogP contribution is 2.27. The average Bonchev–Trinajstić information content (AvgIpc) is 3.36. The van der Waals surface area contributed by atoms with E-state index in [1.807, 2.05) is 42.8 Å². The molecule has 0 aliphatic carbocycles. The summed E-state index contributed by atoms with van der Waals surface area (Å²) in [5.74, 6) is 0.221. The van der Waals surface area contributed by atoms with Gasteiger partial charge in [-0.05, 0) is 38.5 Å². The maximum atomic E-state index is 12.6. The molecule has 3 heterocycles. The van der Waals surface area contributed by atoms with Crippen molar-refractivity contribution in [2.75, 3.05) is 18.6 Å². The van der Waals surface area contributed by atoms with Gasteiger partial charge in [0.1, 0.15) is 5.01 Å². The van der Waals surface area contributed by atoms with Gasteiger partial charge >= 0.3 is 0 Å². The highest BCUT2D eigenvalue weighted by atomic mass is 32.2. The maximum absolute atomic E-state index is 12.6. The maximum Gasteiger partial charge on any atom is 0.246 e. The molecular weight excluding hydrogens is 420 g/mol. The van der Waals surface area contributed by atoms with Gasteiger partial charge in [0.2, 0.25) is 5.91 Å². The Morgan fingerprint density at radius 2 is 2.10 bits per heavy atom. The second kappa shape index (κ2) is 7.96. The van der Waals surface area contributed by atoms with Gasteiger partial charge in [0.25, 0.3) is 0 Å². The number of likely N-dealkylation sites (N-methyl/N-ethyl adjacent to an activating group) is 1. The van der Waals surface area contributed by atoms with Crippen LogP contribution >= 0.6 is 11.3 Å². The summed E-state index contributed by atoms with van der Waals surface area (Å²) >= 11 is 1.55. The number of fused-ring (bicyclic) bond motifs is 1. The van der Waals surface area contributed by atoms with Crippen molar-refractivity contribution in [3.63, 3.8) is 0 Å². The first kappa shape index (κ1) is 20.7. The minimum absolute atomic E-state index is 0.121. The van der Waals surface area contributed by atoms with Gasteiger partial charge in [0.15, 0.2) is 9.84 Å². The van der Waals surface area contributed by atoms with Gasteiger partial charge in [-0.1, -0.05) is 12.1 Å². The van der Waals surface area contributed by atoms with Crippen LogP contribution in [0.3, 0.4) is 0 Å². The van der Waals surface area contributed by atoms with E-state index >= 15 is 0 Å². The Balaban J connectivity index is 1.46. The van der Waals surface area contributed by atoms with E-state index in [9.17, 15) is 13.2 Å². The van der Waals surface area contributed by atoms with Crippen molar-refractivity contribution in [1.29, 1.82) is 0 Å². The lowest BCUT2D eigenvalue weighted by molar-refractivity contribution is -0.125. The third kappa shape index (κ3) is 4.17. The van der Waals surface area contributed by atoms with Crippen molar-refractivity contribution >= 4 is 43.4 Å². The first-order valence-electron chi connectivity index (χ1n) is 9.77. The molecule has 158 valence electrons. The Kier molecular flexibility index (Phi) is 5.50. The number of benzene rings is 1. The second-order valence-corrected chi connectivity index (χ2v) is 11.0. The lowest BCUT2D eigenvalue weighted by atomic mass is 10.1. The lowest BCUT2D eigenvalue weighted by Gasteiger charge is -2.16. The number of amides is 1. The molecule has 0 saturated carbocycles. The van der Waals surface area contributed by atoms with Gasteiger partial charge in [-0.3, -0.25) is 9.48 Å². The molecule has 0 spiro atoms. The van der Waals surface area contributed by atoms with Crippen LogP contribution in [0.2, 0.25) is 0 Å². The van der Waals surface area contributed by atoms with Crippen LogP contribution in [0.4, 0.5) is 0 Å². The van der Waals surface area contributed by atoms with E-state index in [4.69, 9.17) is 0 Å². The number of hydrogen-bond acceptors (Lipinski definition) is 6.